The van der Waals surface area contributed by atoms with E-state index in [0.717, 1.165) is 0 Å². The molecule has 3 atom stereocenters. The van der Waals surface area contributed by atoms with Crippen LogP contribution in [0.2, 0.25) is 0 Å². The van der Waals surface area contributed by atoms with Gasteiger partial charge in [-0.1, -0.05) is 6.08 Å². The van der Waals surface area contributed by atoms with Crippen LogP contribution in [0.1, 0.15) is 20.8 Å². The van der Waals surface area contributed by atoms with E-state index < -0.39 is 6.10 Å². The number of aliphatic hydroxyl groups is 1. The van der Waals surface area contributed by atoms with Gasteiger partial charge in [-0.15, -0.1) is 6.58 Å². The first kappa shape index (κ1) is 15.6. The SMILES string of the molecule is C=CCOCC(C)OCC(C)OCC(C)O. The minimum Gasteiger partial charge on any atom is -0.391 e. The Balaban J connectivity index is 3.42. The maximum atomic E-state index is 9.03. The fraction of sp³-hybridized carbons (Fsp3) is 0.833. The minimum atomic E-state index is -0.434. The Kier molecular flexibility index (Phi) is 9.52. The van der Waals surface area contributed by atoms with Crippen LogP contribution in [0.4, 0.5) is 0 Å². The van der Waals surface area contributed by atoms with Gasteiger partial charge in [-0.25, -0.2) is 0 Å². The molecule has 96 valence electrons. The Hall–Kier alpha value is -0.420. The van der Waals surface area contributed by atoms with Crippen LogP contribution in [0.15, 0.2) is 12.7 Å². The van der Waals surface area contributed by atoms with E-state index in [4.69, 9.17) is 19.3 Å². The van der Waals surface area contributed by atoms with Gasteiger partial charge < -0.3 is 19.3 Å². The van der Waals surface area contributed by atoms with Crippen LogP contribution in [-0.2, 0) is 14.2 Å². The summed E-state index contributed by atoms with van der Waals surface area (Å²) in [6.07, 6.45) is 1.30. The third-order valence-corrected chi connectivity index (χ3v) is 1.83. The molecule has 4 nitrogen and oxygen atoms in total. The molecule has 1 N–H and O–H groups in total. The fourth-order valence-corrected chi connectivity index (χ4v) is 1.02. The van der Waals surface area contributed by atoms with Gasteiger partial charge in [-0.3, -0.25) is 0 Å². The van der Waals surface area contributed by atoms with Crippen molar-refractivity contribution in [3.05, 3.63) is 12.7 Å². The van der Waals surface area contributed by atoms with Crippen molar-refractivity contribution in [2.45, 2.75) is 39.1 Å². The van der Waals surface area contributed by atoms with Gasteiger partial charge in [0.25, 0.3) is 0 Å². The lowest BCUT2D eigenvalue weighted by molar-refractivity contribution is -0.0680. The second kappa shape index (κ2) is 9.78. The average Bonchev–Trinajstić information content (AvgIpc) is 2.24. The molecule has 0 heterocycles. The van der Waals surface area contributed by atoms with Gasteiger partial charge in [0.15, 0.2) is 0 Å². The van der Waals surface area contributed by atoms with Crippen LogP contribution in [0.5, 0.6) is 0 Å². The summed E-state index contributed by atoms with van der Waals surface area (Å²) in [4.78, 5) is 0. The van der Waals surface area contributed by atoms with Crippen molar-refractivity contribution in [1.29, 1.82) is 0 Å². The molecule has 0 aromatic carbocycles. The average molecular weight is 232 g/mol. The second-order valence-corrected chi connectivity index (χ2v) is 3.96. The Morgan fingerprint density at radius 3 is 2.19 bits per heavy atom. The van der Waals surface area contributed by atoms with Gasteiger partial charge in [0, 0.05) is 0 Å². The molecule has 0 radical (unpaired) electrons. The van der Waals surface area contributed by atoms with Gasteiger partial charge in [0.1, 0.15) is 0 Å². The quantitative estimate of drug-likeness (QED) is 0.456. The zero-order chi connectivity index (χ0) is 12.4. The van der Waals surface area contributed by atoms with Crippen molar-refractivity contribution in [2.24, 2.45) is 0 Å². The standard InChI is InChI=1S/C12H24O4/c1-5-6-14-8-11(3)16-9-12(4)15-7-10(2)13/h5,10-13H,1,6-9H2,2-4H3. The number of rotatable bonds is 10. The molecule has 0 rings (SSSR count). The summed E-state index contributed by atoms with van der Waals surface area (Å²) in [6.45, 7) is 11.1. The Morgan fingerprint density at radius 2 is 1.62 bits per heavy atom. The van der Waals surface area contributed by atoms with Crippen molar-refractivity contribution >= 4 is 0 Å². The number of hydrogen-bond acceptors (Lipinski definition) is 4. The van der Waals surface area contributed by atoms with Crippen molar-refractivity contribution in [1.82, 2.24) is 0 Å². The summed E-state index contributed by atoms with van der Waals surface area (Å²) in [6, 6.07) is 0. The Morgan fingerprint density at radius 1 is 1.06 bits per heavy atom. The normalized spacial score (nSPS) is 16.8. The van der Waals surface area contributed by atoms with Crippen LogP contribution >= 0.6 is 0 Å². The molecule has 0 aliphatic heterocycles. The third kappa shape index (κ3) is 10.1. The summed E-state index contributed by atoms with van der Waals surface area (Å²) in [5, 5.41) is 9.03. The first-order valence-electron chi connectivity index (χ1n) is 5.66. The van der Waals surface area contributed by atoms with Gasteiger partial charge in [-0.05, 0) is 20.8 Å². The van der Waals surface area contributed by atoms with E-state index in [-0.39, 0.29) is 12.2 Å². The summed E-state index contributed by atoms with van der Waals surface area (Å²) >= 11 is 0. The van der Waals surface area contributed by atoms with Crippen LogP contribution in [0.25, 0.3) is 0 Å². The summed E-state index contributed by atoms with van der Waals surface area (Å²) in [7, 11) is 0. The molecule has 0 saturated carbocycles. The lowest BCUT2D eigenvalue weighted by Crippen LogP contribution is -2.25. The molecular weight excluding hydrogens is 208 g/mol. The zero-order valence-corrected chi connectivity index (χ0v) is 10.5. The van der Waals surface area contributed by atoms with E-state index in [1.807, 2.05) is 13.8 Å². The number of hydrogen-bond donors (Lipinski definition) is 1. The minimum absolute atomic E-state index is 0.0172. The van der Waals surface area contributed by atoms with Crippen molar-refractivity contribution < 1.29 is 19.3 Å². The van der Waals surface area contributed by atoms with E-state index >= 15 is 0 Å². The van der Waals surface area contributed by atoms with Crippen LogP contribution in [-0.4, -0.2) is 49.8 Å². The molecule has 0 fully saturated rings. The topological polar surface area (TPSA) is 47.9 Å². The number of ether oxygens (including phenoxy) is 3. The lowest BCUT2D eigenvalue weighted by atomic mass is 10.4. The maximum absolute atomic E-state index is 9.03. The van der Waals surface area contributed by atoms with Gasteiger partial charge in [0.05, 0.1) is 44.7 Å². The van der Waals surface area contributed by atoms with Crippen molar-refractivity contribution in [2.75, 3.05) is 26.4 Å². The smallest absolute Gasteiger partial charge is 0.0781 e. The largest absolute Gasteiger partial charge is 0.391 e. The Labute approximate surface area is 98.2 Å². The first-order chi connectivity index (χ1) is 7.56. The molecule has 0 aromatic rings. The zero-order valence-electron chi connectivity index (χ0n) is 10.5. The summed E-state index contributed by atoms with van der Waals surface area (Å²) in [5.74, 6) is 0. The highest BCUT2D eigenvalue weighted by Gasteiger charge is 2.08. The summed E-state index contributed by atoms with van der Waals surface area (Å²) < 4.78 is 16.1. The van der Waals surface area contributed by atoms with E-state index in [1.54, 1.807) is 13.0 Å². The predicted molar refractivity (Wildman–Crippen MR) is 63.5 cm³/mol. The van der Waals surface area contributed by atoms with E-state index in [0.29, 0.717) is 26.4 Å². The van der Waals surface area contributed by atoms with Crippen LogP contribution in [0.3, 0.4) is 0 Å². The predicted octanol–water partition coefficient (Wildman–Crippen LogP) is 1.38. The van der Waals surface area contributed by atoms with Crippen LogP contribution < -0.4 is 0 Å². The number of aliphatic hydroxyl groups excluding tert-OH is 1. The third-order valence-electron chi connectivity index (χ3n) is 1.83. The molecular formula is C12H24O4. The van der Waals surface area contributed by atoms with Gasteiger partial charge >= 0.3 is 0 Å². The van der Waals surface area contributed by atoms with Crippen LogP contribution in [0, 0.1) is 0 Å². The fourth-order valence-electron chi connectivity index (χ4n) is 1.02. The first-order valence-corrected chi connectivity index (χ1v) is 5.66. The lowest BCUT2D eigenvalue weighted by Gasteiger charge is -2.18. The van der Waals surface area contributed by atoms with E-state index in [9.17, 15) is 0 Å². The molecule has 0 saturated heterocycles. The molecule has 3 unspecified atom stereocenters. The van der Waals surface area contributed by atoms with Gasteiger partial charge in [-0.2, -0.15) is 0 Å². The maximum Gasteiger partial charge on any atom is 0.0781 e. The van der Waals surface area contributed by atoms with Gasteiger partial charge in [0.2, 0.25) is 0 Å². The van der Waals surface area contributed by atoms with E-state index in [1.165, 1.54) is 0 Å². The molecule has 0 aliphatic rings. The highest BCUT2D eigenvalue weighted by Crippen LogP contribution is 1.98. The van der Waals surface area contributed by atoms with Crippen molar-refractivity contribution in [3.8, 4) is 0 Å². The molecule has 0 bridgehead atoms. The highest BCUT2D eigenvalue weighted by molar-refractivity contribution is 4.64. The second-order valence-electron chi connectivity index (χ2n) is 3.96. The highest BCUT2D eigenvalue weighted by atomic mass is 16.6. The molecule has 16 heavy (non-hydrogen) atoms. The van der Waals surface area contributed by atoms with E-state index in [2.05, 4.69) is 6.58 Å². The van der Waals surface area contributed by atoms with Crippen molar-refractivity contribution in [3.63, 3.8) is 0 Å². The molecule has 0 aliphatic carbocycles. The summed E-state index contributed by atoms with van der Waals surface area (Å²) in [5.41, 5.74) is 0. The molecule has 4 heteroatoms. The molecule has 0 aromatic heterocycles. The Bertz CT molecular complexity index is 170. The molecule has 0 spiro atoms. The monoisotopic (exact) mass is 232 g/mol. The molecule has 0 amide bonds.